The fourth-order valence-electron chi connectivity index (χ4n) is 3.91. The molecule has 1 N–H and O–H groups in total. The Morgan fingerprint density at radius 1 is 1.20 bits per heavy atom. The van der Waals surface area contributed by atoms with Crippen LogP contribution in [0.15, 0.2) is 0 Å². The molecule has 136 valence electrons. The maximum absolute atomic E-state index is 5.49. The number of morpholine rings is 1. The molecule has 0 amide bonds. The number of nitrogens with zero attached hydrogens (tertiary/aromatic N) is 6. The van der Waals surface area contributed by atoms with Gasteiger partial charge < -0.3 is 19.5 Å². The first-order valence-electron chi connectivity index (χ1n) is 9.15. The van der Waals surface area contributed by atoms with Gasteiger partial charge in [-0.15, -0.1) is 10.2 Å². The summed E-state index contributed by atoms with van der Waals surface area (Å²) < 4.78 is 9.75. The van der Waals surface area contributed by atoms with Gasteiger partial charge in [-0.05, 0) is 20.3 Å². The van der Waals surface area contributed by atoms with Crippen molar-refractivity contribution in [2.24, 2.45) is 7.05 Å². The van der Waals surface area contributed by atoms with Crippen molar-refractivity contribution in [1.82, 2.24) is 29.9 Å². The second-order valence-corrected chi connectivity index (χ2v) is 6.94. The molecule has 8 nitrogen and oxygen atoms in total. The van der Waals surface area contributed by atoms with Gasteiger partial charge in [0, 0.05) is 45.2 Å². The highest BCUT2D eigenvalue weighted by Gasteiger charge is 2.24. The zero-order chi connectivity index (χ0) is 17.4. The van der Waals surface area contributed by atoms with Crippen molar-refractivity contribution >= 4 is 5.82 Å². The van der Waals surface area contributed by atoms with Crippen molar-refractivity contribution in [3.63, 3.8) is 0 Å². The Morgan fingerprint density at radius 2 is 2.00 bits per heavy atom. The third-order valence-electron chi connectivity index (χ3n) is 5.23. The minimum absolute atomic E-state index is 0.163. The molecule has 0 spiro atoms. The van der Waals surface area contributed by atoms with Gasteiger partial charge in [0.05, 0.1) is 24.9 Å². The highest BCUT2D eigenvalue weighted by Crippen LogP contribution is 2.25. The van der Waals surface area contributed by atoms with Crippen LogP contribution in [0.2, 0.25) is 0 Å². The third-order valence-corrected chi connectivity index (χ3v) is 5.23. The van der Waals surface area contributed by atoms with Crippen LogP contribution in [-0.4, -0.2) is 50.8 Å². The molecule has 1 saturated heterocycles. The van der Waals surface area contributed by atoms with Crippen LogP contribution in [0, 0.1) is 6.92 Å². The van der Waals surface area contributed by atoms with Crippen molar-refractivity contribution in [3.8, 4) is 0 Å². The number of hydrogen-bond acceptors (Lipinski definition) is 6. The van der Waals surface area contributed by atoms with E-state index in [9.17, 15) is 0 Å². The molecular formula is C17H27N7O. The first-order valence-corrected chi connectivity index (χ1v) is 9.15. The molecule has 2 aliphatic heterocycles. The van der Waals surface area contributed by atoms with E-state index < -0.39 is 0 Å². The summed E-state index contributed by atoms with van der Waals surface area (Å²) in [5.41, 5.74) is 2.34. The molecule has 0 unspecified atom stereocenters. The summed E-state index contributed by atoms with van der Waals surface area (Å²) in [6.45, 7) is 9.44. The lowest BCUT2D eigenvalue weighted by atomic mass is 10.2. The lowest BCUT2D eigenvalue weighted by Crippen LogP contribution is -2.38. The summed E-state index contributed by atoms with van der Waals surface area (Å²) >= 11 is 0. The van der Waals surface area contributed by atoms with E-state index in [0.29, 0.717) is 0 Å². The maximum atomic E-state index is 5.49. The Morgan fingerprint density at radius 3 is 2.80 bits per heavy atom. The Kier molecular flexibility index (Phi) is 4.47. The summed E-state index contributed by atoms with van der Waals surface area (Å²) in [6, 6.07) is 0.163. The van der Waals surface area contributed by atoms with Crippen molar-refractivity contribution < 1.29 is 4.74 Å². The molecule has 2 aromatic heterocycles. The number of hydrogen-bond donors (Lipinski definition) is 1. The van der Waals surface area contributed by atoms with E-state index in [1.165, 1.54) is 17.8 Å². The van der Waals surface area contributed by atoms with E-state index in [1.54, 1.807) is 0 Å². The highest BCUT2D eigenvalue weighted by atomic mass is 16.5. The minimum Gasteiger partial charge on any atom is -0.378 e. The molecule has 0 radical (unpaired) electrons. The second-order valence-electron chi connectivity index (χ2n) is 6.94. The molecular weight excluding hydrogens is 318 g/mol. The van der Waals surface area contributed by atoms with Crippen LogP contribution in [0.5, 0.6) is 0 Å². The first-order chi connectivity index (χ1) is 12.1. The average molecular weight is 345 g/mol. The summed E-state index contributed by atoms with van der Waals surface area (Å²) in [5.74, 6) is 3.36. The van der Waals surface area contributed by atoms with Crippen LogP contribution in [0.25, 0.3) is 0 Å². The molecule has 8 heteroatoms. The lowest BCUT2D eigenvalue weighted by Gasteiger charge is -2.29. The number of aromatic nitrogens is 5. The van der Waals surface area contributed by atoms with Gasteiger partial charge in [-0.2, -0.15) is 5.10 Å². The van der Waals surface area contributed by atoms with Crippen LogP contribution in [0.4, 0.5) is 5.82 Å². The smallest absolute Gasteiger partial charge is 0.149 e. The van der Waals surface area contributed by atoms with E-state index in [-0.39, 0.29) is 6.04 Å². The van der Waals surface area contributed by atoms with Gasteiger partial charge in [0.25, 0.3) is 0 Å². The van der Waals surface area contributed by atoms with Gasteiger partial charge in [0.15, 0.2) is 0 Å². The Hall–Kier alpha value is -1.93. The SMILES string of the molecule is Cc1nn(C)c(N2CCOCC2)c1CN[C@@H](C)c1nnc2n1CCC2. The summed E-state index contributed by atoms with van der Waals surface area (Å²) in [7, 11) is 2.02. The quantitative estimate of drug-likeness (QED) is 0.870. The van der Waals surface area contributed by atoms with Gasteiger partial charge in [-0.3, -0.25) is 4.68 Å². The summed E-state index contributed by atoms with van der Waals surface area (Å²) in [4.78, 5) is 2.37. The van der Waals surface area contributed by atoms with Crippen LogP contribution in [0.3, 0.4) is 0 Å². The maximum Gasteiger partial charge on any atom is 0.149 e. The molecule has 4 rings (SSSR count). The Bertz CT molecular complexity index is 745. The van der Waals surface area contributed by atoms with Crippen molar-refractivity contribution in [2.75, 3.05) is 31.2 Å². The molecule has 1 fully saturated rings. The lowest BCUT2D eigenvalue weighted by molar-refractivity contribution is 0.122. The largest absolute Gasteiger partial charge is 0.378 e. The number of ether oxygens (including phenoxy) is 1. The normalized spacial score (nSPS) is 18.6. The molecule has 0 bridgehead atoms. The molecule has 25 heavy (non-hydrogen) atoms. The predicted octanol–water partition coefficient (Wildman–Crippen LogP) is 0.954. The van der Waals surface area contributed by atoms with Crippen LogP contribution < -0.4 is 10.2 Å². The fraction of sp³-hybridized carbons (Fsp3) is 0.706. The summed E-state index contributed by atoms with van der Waals surface area (Å²) in [5, 5.41) is 17.0. The number of nitrogens with one attached hydrogen (secondary N) is 1. The third kappa shape index (κ3) is 3.04. The topological polar surface area (TPSA) is 73.0 Å². The van der Waals surface area contributed by atoms with Crippen LogP contribution in [0.1, 0.15) is 42.3 Å². The van der Waals surface area contributed by atoms with E-state index in [0.717, 1.165) is 63.2 Å². The molecule has 1 atom stereocenters. The van der Waals surface area contributed by atoms with Gasteiger partial charge in [0.2, 0.25) is 0 Å². The van der Waals surface area contributed by atoms with E-state index in [1.807, 2.05) is 11.7 Å². The average Bonchev–Trinajstić information content (AvgIpc) is 3.28. The van der Waals surface area contributed by atoms with Gasteiger partial charge in [-0.1, -0.05) is 0 Å². The van der Waals surface area contributed by atoms with Crippen LogP contribution in [-0.2, 0) is 31.3 Å². The molecule has 0 saturated carbocycles. The number of rotatable bonds is 5. The monoisotopic (exact) mass is 345 g/mol. The molecule has 2 aliphatic rings. The summed E-state index contributed by atoms with van der Waals surface area (Å²) in [6.07, 6.45) is 2.22. The molecule has 4 heterocycles. The molecule has 2 aromatic rings. The zero-order valence-corrected chi connectivity index (χ0v) is 15.3. The zero-order valence-electron chi connectivity index (χ0n) is 15.3. The van der Waals surface area contributed by atoms with E-state index in [4.69, 9.17) is 4.74 Å². The van der Waals surface area contributed by atoms with Gasteiger partial charge in [-0.25, -0.2) is 0 Å². The standard InChI is InChI=1S/C17H27N7O/c1-12-14(17(22(3)21-12)23-7-9-25-10-8-23)11-18-13(2)16-20-19-15-5-4-6-24(15)16/h13,18H,4-11H2,1-3H3/t13-/m0/s1. The number of anilines is 1. The number of fused-ring (bicyclic) bond motifs is 1. The minimum atomic E-state index is 0.163. The van der Waals surface area contributed by atoms with Gasteiger partial charge >= 0.3 is 0 Å². The van der Waals surface area contributed by atoms with Gasteiger partial charge in [0.1, 0.15) is 17.5 Å². The Labute approximate surface area is 148 Å². The van der Waals surface area contributed by atoms with E-state index >= 15 is 0 Å². The van der Waals surface area contributed by atoms with E-state index in [2.05, 4.69) is 43.9 Å². The first kappa shape index (κ1) is 16.5. The predicted molar refractivity (Wildman–Crippen MR) is 94.6 cm³/mol. The van der Waals surface area contributed by atoms with Crippen molar-refractivity contribution in [2.45, 2.75) is 45.8 Å². The fourth-order valence-corrected chi connectivity index (χ4v) is 3.91. The molecule has 0 aliphatic carbocycles. The van der Waals surface area contributed by atoms with Crippen molar-refractivity contribution in [3.05, 3.63) is 22.9 Å². The van der Waals surface area contributed by atoms with Crippen molar-refractivity contribution in [1.29, 1.82) is 0 Å². The Balaban J connectivity index is 1.50. The number of aryl methyl sites for hydroxylation is 3. The highest BCUT2D eigenvalue weighted by molar-refractivity contribution is 5.50. The second kappa shape index (κ2) is 6.76. The van der Waals surface area contributed by atoms with Crippen LogP contribution >= 0.6 is 0 Å². The molecule has 0 aromatic carbocycles.